The second-order valence-corrected chi connectivity index (χ2v) is 6.40. The molecule has 1 aliphatic rings. The molecule has 0 bridgehead atoms. The van der Waals surface area contributed by atoms with Gasteiger partial charge < -0.3 is 9.47 Å². The maximum absolute atomic E-state index is 11.9. The number of piperidine rings is 1. The van der Waals surface area contributed by atoms with Crippen LogP contribution in [0, 0.1) is 0 Å². The van der Waals surface area contributed by atoms with E-state index in [1.54, 1.807) is 0 Å². The molecule has 0 atom stereocenters. The van der Waals surface area contributed by atoms with Crippen molar-refractivity contribution >= 4 is 5.97 Å². The van der Waals surface area contributed by atoms with Crippen molar-refractivity contribution in [3.8, 4) is 5.75 Å². The summed E-state index contributed by atoms with van der Waals surface area (Å²) in [6, 6.07) is 9.91. The van der Waals surface area contributed by atoms with Crippen LogP contribution >= 0.6 is 0 Å². The second kappa shape index (κ2) is 6.06. The molecule has 0 N–H and O–H groups in total. The van der Waals surface area contributed by atoms with E-state index >= 15 is 0 Å². The Kier molecular flexibility index (Phi) is 4.57. The number of hydrogen-bond donors (Lipinski definition) is 0. The minimum Gasteiger partial charge on any atom is -0.487 e. The molecular weight excluding hydrogens is 266 g/mol. The van der Waals surface area contributed by atoms with E-state index in [0.29, 0.717) is 0 Å². The van der Waals surface area contributed by atoms with Gasteiger partial charge in [-0.1, -0.05) is 18.2 Å². The highest BCUT2D eigenvalue weighted by atomic mass is 16.5. The largest absolute Gasteiger partial charge is 0.487 e. The van der Waals surface area contributed by atoms with Crippen LogP contribution in [0.15, 0.2) is 30.3 Å². The van der Waals surface area contributed by atoms with Crippen molar-refractivity contribution in [2.24, 2.45) is 0 Å². The smallest absolute Gasteiger partial charge is 0.325 e. The lowest BCUT2D eigenvalue weighted by Crippen LogP contribution is -2.57. The van der Waals surface area contributed by atoms with Gasteiger partial charge in [0.15, 0.2) is 0 Å². The molecular formula is C17H25NO3. The monoisotopic (exact) mass is 291 g/mol. The van der Waals surface area contributed by atoms with Gasteiger partial charge in [0.25, 0.3) is 0 Å². The van der Waals surface area contributed by atoms with Crippen molar-refractivity contribution in [3.63, 3.8) is 0 Å². The fourth-order valence-corrected chi connectivity index (χ4v) is 2.79. The number of methoxy groups -OCH3 is 1. The lowest BCUT2D eigenvalue weighted by Gasteiger charge is -2.44. The molecule has 1 aromatic rings. The third kappa shape index (κ3) is 3.56. The summed E-state index contributed by atoms with van der Waals surface area (Å²) >= 11 is 0. The van der Waals surface area contributed by atoms with Gasteiger partial charge in [-0.2, -0.15) is 0 Å². The molecule has 0 aromatic heterocycles. The minimum absolute atomic E-state index is 0.177. The Labute approximate surface area is 127 Å². The molecule has 0 spiro atoms. The standard InChI is InChI=1S/C17H25NO3/c1-16(2,15(19)20-4)18-12-10-17(3,11-13-18)21-14-8-6-5-7-9-14/h5-9H,10-13H2,1-4H3. The quantitative estimate of drug-likeness (QED) is 0.800. The predicted molar refractivity (Wildman–Crippen MR) is 82.4 cm³/mol. The van der Waals surface area contributed by atoms with Crippen molar-refractivity contribution in [1.29, 1.82) is 0 Å². The molecule has 1 fully saturated rings. The summed E-state index contributed by atoms with van der Waals surface area (Å²) in [7, 11) is 1.44. The zero-order valence-corrected chi connectivity index (χ0v) is 13.4. The third-order valence-electron chi connectivity index (χ3n) is 4.40. The summed E-state index contributed by atoms with van der Waals surface area (Å²) in [4.78, 5) is 14.1. The number of nitrogens with zero attached hydrogens (tertiary/aromatic N) is 1. The van der Waals surface area contributed by atoms with Crippen molar-refractivity contribution < 1.29 is 14.3 Å². The van der Waals surface area contributed by atoms with E-state index < -0.39 is 5.54 Å². The first-order chi connectivity index (χ1) is 9.87. The zero-order chi connectivity index (χ0) is 15.5. The summed E-state index contributed by atoms with van der Waals surface area (Å²) in [6.07, 6.45) is 1.78. The topological polar surface area (TPSA) is 38.8 Å². The number of carbonyl (C=O) groups excluding carboxylic acids is 1. The molecule has 4 nitrogen and oxygen atoms in total. The number of likely N-dealkylation sites (tertiary alicyclic amines) is 1. The van der Waals surface area contributed by atoms with E-state index in [0.717, 1.165) is 31.7 Å². The fraction of sp³-hybridized carbons (Fsp3) is 0.588. The highest BCUT2D eigenvalue weighted by molar-refractivity contribution is 5.79. The molecule has 4 heteroatoms. The van der Waals surface area contributed by atoms with Gasteiger partial charge in [-0.15, -0.1) is 0 Å². The molecule has 0 aliphatic carbocycles. The summed E-state index contributed by atoms with van der Waals surface area (Å²) in [5, 5.41) is 0. The van der Waals surface area contributed by atoms with Crippen LogP contribution in [0.4, 0.5) is 0 Å². The van der Waals surface area contributed by atoms with E-state index in [1.807, 2.05) is 44.2 Å². The first-order valence-electron chi connectivity index (χ1n) is 7.45. The van der Waals surface area contributed by atoms with Crippen LogP contribution in [0.2, 0.25) is 0 Å². The molecule has 1 aliphatic heterocycles. The van der Waals surface area contributed by atoms with E-state index in [1.165, 1.54) is 7.11 Å². The van der Waals surface area contributed by atoms with Crippen LogP contribution in [0.3, 0.4) is 0 Å². The molecule has 1 saturated heterocycles. The number of carbonyl (C=O) groups is 1. The fourth-order valence-electron chi connectivity index (χ4n) is 2.79. The van der Waals surface area contributed by atoms with Crippen LogP contribution in [0.5, 0.6) is 5.75 Å². The lowest BCUT2D eigenvalue weighted by atomic mass is 9.89. The van der Waals surface area contributed by atoms with Gasteiger partial charge in [0.1, 0.15) is 16.9 Å². The average Bonchev–Trinajstić information content (AvgIpc) is 2.47. The van der Waals surface area contributed by atoms with E-state index in [4.69, 9.17) is 9.47 Å². The number of ether oxygens (including phenoxy) is 2. The highest BCUT2D eigenvalue weighted by Crippen LogP contribution is 2.31. The predicted octanol–water partition coefficient (Wildman–Crippen LogP) is 2.87. The molecule has 1 heterocycles. The number of esters is 1. The number of hydrogen-bond acceptors (Lipinski definition) is 4. The third-order valence-corrected chi connectivity index (χ3v) is 4.40. The second-order valence-electron chi connectivity index (χ2n) is 6.40. The van der Waals surface area contributed by atoms with Gasteiger partial charge in [-0.3, -0.25) is 9.69 Å². The lowest BCUT2D eigenvalue weighted by molar-refractivity contribution is -0.155. The van der Waals surface area contributed by atoms with Crippen LogP contribution in [-0.4, -0.2) is 42.2 Å². The Hall–Kier alpha value is -1.55. The molecule has 116 valence electrons. The van der Waals surface area contributed by atoms with Crippen molar-refractivity contribution in [3.05, 3.63) is 30.3 Å². The Morgan fingerprint density at radius 3 is 2.29 bits per heavy atom. The van der Waals surface area contributed by atoms with E-state index in [2.05, 4.69) is 11.8 Å². The van der Waals surface area contributed by atoms with Gasteiger partial charge in [0.05, 0.1) is 7.11 Å². The Morgan fingerprint density at radius 2 is 1.76 bits per heavy atom. The summed E-state index contributed by atoms with van der Waals surface area (Å²) in [5.74, 6) is 0.718. The molecule has 0 amide bonds. The number of para-hydroxylation sites is 1. The summed E-state index contributed by atoms with van der Waals surface area (Å²) in [6.45, 7) is 7.62. The maximum atomic E-state index is 11.9. The average molecular weight is 291 g/mol. The first-order valence-corrected chi connectivity index (χ1v) is 7.45. The molecule has 21 heavy (non-hydrogen) atoms. The molecule has 0 unspecified atom stereocenters. The van der Waals surface area contributed by atoms with Crippen molar-refractivity contribution in [1.82, 2.24) is 4.90 Å². The van der Waals surface area contributed by atoms with Crippen LogP contribution in [0.1, 0.15) is 33.6 Å². The van der Waals surface area contributed by atoms with Gasteiger partial charge in [-0.25, -0.2) is 0 Å². The molecule has 2 rings (SSSR count). The number of benzene rings is 1. The van der Waals surface area contributed by atoms with Crippen LogP contribution in [0.25, 0.3) is 0 Å². The molecule has 1 aromatic carbocycles. The SMILES string of the molecule is COC(=O)C(C)(C)N1CCC(C)(Oc2ccccc2)CC1. The first kappa shape index (κ1) is 15.8. The normalized spacial score (nSPS) is 19.0. The van der Waals surface area contributed by atoms with Gasteiger partial charge in [0, 0.05) is 13.1 Å². The van der Waals surface area contributed by atoms with Crippen molar-refractivity contribution in [2.75, 3.05) is 20.2 Å². The number of rotatable bonds is 4. The minimum atomic E-state index is -0.581. The van der Waals surface area contributed by atoms with E-state index in [-0.39, 0.29) is 11.6 Å². The van der Waals surface area contributed by atoms with Gasteiger partial charge >= 0.3 is 5.97 Å². The highest BCUT2D eigenvalue weighted by Gasteiger charge is 2.41. The molecule has 0 radical (unpaired) electrons. The molecule has 0 saturated carbocycles. The van der Waals surface area contributed by atoms with Crippen molar-refractivity contribution in [2.45, 2.75) is 44.8 Å². The Balaban J connectivity index is 1.98. The Bertz CT molecular complexity index is 476. The summed E-state index contributed by atoms with van der Waals surface area (Å²) < 4.78 is 11.1. The van der Waals surface area contributed by atoms with Crippen LogP contribution < -0.4 is 4.74 Å². The summed E-state index contributed by atoms with van der Waals surface area (Å²) in [5.41, 5.74) is -0.757. The van der Waals surface area contributed by atoms with E-state index in [9.17, 15) is 4.79 Å². The maximum Gasteiger partial charge on any atom is 0.325 e. The van der Waals surface area contributed by atoms with Crippen LogP contribution in [-0.2, 0) is 9.53 Å². The zero-order valence-electron chi connectivity index (χ0n) is 13.4. The van der Waals surface area contributed by atoms with Gasteiger partial charge in [-0.05, 0) is 45.7 Å². The van der Waals surface area contributed by atoms with Gasteiger partial charge in [0.2, 0.25) is 0 Å². The Morgan fingerprint density at radius 1 is 1.19 bits per heavy atom.